The molecule has 1 aliphatic heterocycles. The molecule has 3 heterocycles. The monoisotopic (exact) mass is 390 g/mol. The van der Waals surface area contributed by atoms with Gasteiger partial charge in [-0.05, 0) is 54.2 Å². The van der Waals surface area contributed by atoms with Gasteiger partial charge in [-0.15, -0.1) is 11.3 Å². The second-order valence-electron chi connectivity index (χ2n) is 8.15. The number of carbonyl (C=O) groups is 1. The van der Waals surface area contributed by atoms with Crippen molar-refractivity contribution in [2.75, 3.05) is 11.4 Å². The van der Waals surface area contributed by atoms with Gasteiger partial charge in [0.15, 0.2) is 0 Å². The molecule has 2 aromatic heterocycles. The number of hydrogen-bond donors (Lipinski definition) is 1. The Morgan fingerprint density at radius 2 is 2.11 bits per heavy atom. The van der Waals surface area contributed by atoms with Crippen molar-refractivity contribution in [3.8, 4) is 0 Å². The molecule has 1 aromatic carbocycles. The number of nitrogens with one attached hydrogen (secondary N) is 1. The number of aryl methyl sites for hydroxylation is 1. The lowest BCUT2D eigenvalue weighted by molar-refractivity contribution is -0.122. The van der Waals surface area contributed by atoms with E-state index in [1.165, 1.54) is 17.5 Å². The third-order valence-corrected chi connectivity index (χ3v) is 7.53. The molecule has 6 rings (SSSR count). The van der Waals surface area contributed by atoms with E-state index >= 15 is 0 Å². The molecule has 4 atom stereocenters. The summed E-state index contributed by atoms with van der Waals surface area (Å²) in [6.07, 6.45) is 5.85. The van der Waals surface area contributed by atoms with Crippen LogP contribution in [0.25, 0.3) is 10.2 Å². The predicted molar refractivity (Wildman–Crippen MR) is 111 cm³/mol. The summed E-state index contributed by atoms with van der Waals surface area (Å²) in [5.41, 5.74) is 2.91. The number of thiophene rings is 1. The Hall–Kier alpha value is -2.47. The largest absolute Gasteiger partial charge is 0.351 e. The van der Waals surface area contributed by atoms with Crippen LogP contribution >= 0.6 is 11.3 Å². The first-order chi connectivity index (χ1) is 13.8. The molecule has 3 aliphatic rings. The second-order valence-corrected chi connectivity index (χ2v) is 9.04. The van der Waals surface area contributed by atoms with Gasteiger partial charge in [0.2, 0.25) is 5.91 Å². The maximum Gasteiger partial charge on any atom is 0.243 e. The second kappa shape index (κ2) is 6.27. The van der Waals surface area contributed by atoms with Crippen LogP contribution in [0, 0.1) is 5.92 Å². The third kappa shape index (κ3) is 2.47. The molecule has 0 radical (unpaired) electrons. The first-order valence-corrected chi connectivity index (χ1v) is 11.0. The van der Waals surface area contributed by atoms with Crippen LogP contribution in [0.2, 0.25) is 0 Å². The Morgan fingerprint density at radius 1 is 1.18 bits per heavy atom. The van der Waals surface area contributed by atoms with Gasteiger partial charge in [0.25, 0.3) is 0 Å². The van der Waals surface area contributed by atoms with Gasteiger partial charge < -0.3 is 10.2 Å². The Labute approximate surface area is 167 Å². The summed E-state index contributed by atoms with van der Waals surface area (Å²) in [6, 6.07) is 11.0. The van der Waals surface area contributed by atoms with Crippen molar-refractivity contribution in [2.24, 2.45) is 5.92 Å². The fraction of sp³-hybridized carbons (Fsp3) is 0.409. The zero-order valence-corrected chi connectivity index (χ0v) is 16.4. The quantitative estimate of drug-likeness (QED) is 0.744. The van der Waals surface area contributed by atoms with Gasteiger partial charge in [0.1, 0.15) is 23.0 Å². The molecule has 1 N–H and O–H groups in total. The van der Waals surface area contributed by atoms with E-state index in [1.807, 2.05) is 5.38 Å². The highest BCUT2D eigenvalue weighted by Crippen LogP contribution is 2.54. The van der Waals surface area contributed by atoms with Crippen LogP contribution in [0.1, 0.15) is 36.3 Å². The number of carbonyl (C=O) groups excluding carboxylic acids is 1. The van der Waals surface area contributed by atoms with E-state index < -0.39 is 0 Å². The summed E-state index contributed by atoms with van der Waals surface area (Å²) in [5.74, 6) is 2.18. The Bertz CT molecular complexity index is 1060. The van der Waals surface area contributed by atoms with E-state index in [-0.39, 0.29) is 11.9 Å². The zero-order valence-electron chi connectivity index (χ0n) is 15.5. The number of nitrogens with zero attached hydrogens (tertiary/aromatic N) is 3. The van der Waals surface area contributed by atoms with Gasteiger partial charge >= 0.3 is 0 Å². The molecule has 142 valence electrons. The maximum absolute atomic E-state index is 13.2. The summed E-state index contributed by atoms with van der Waals surface area (Å²) in [6.45, 7) is 0.875. The minimum absolute atomic E-state index is 0.129. The number of rotatable bonds is 3. The molecule has 1 saturated carbocycles. The van der Waals surface area contributed by atoms with Crippen molar-refractivity contribution < 1.29 is 4.79 Å². The number of benzene rings is 1. The minimum atomic E-state index is -0.129. The molecule has 0 spiro atoms. The molecule has 3 aromatic rings. The maximum atomic E-state index is 13.2. The minimum Gasteiger partial charge on any atom is -0.351 e. The topological polar surface area (TPSA) is 58.1 Å². The Balaban J connectivity index is 1.23. The van der Waals surface area contributed by atoms with Gasteiger partial charge in [-0.25, -0.2) is 9.97 Å². The molecule has 1 saturated heterocycles. The molecule has 2 fully saturated rings. The molecular formula is C22H22N4OS. The van der Waals surface area contributed by atoms with Crippen LogP contribution in [0.15, 0.2) is 42.0 Å². The normalized spacial score (nSPS) is 28.1. The van der Waals surface area contributed by atoms with Crippen LogP contribution in [-0.4, -0.2) is 34.5 Å². The molecule has 6 heteroatoms. The van der Waals surface area contributed by atoms with Gasteiger partial charge in [-0.3, -0.25) is 4.79 Å². The summed E-state index contributed by atoms with van der Waals surface area (Å²) in [7, 11) is 0. The van der Waals surface area contributed by atoms with Crippen molar-refractivity contribution in [3.05, 3.63) is 53.2 Å². The van der Waals surface area contributed by atoms with Gasteiger partial charge in [0, 0.05) is 18.5 Å². The smallest absolute Gasteiger partial charge is 0.243 e. The number of anilines is 1. The lowest BCUT2D eigenvalue weighted by Gasteiger charge is -2.25. The third-order valence-electron chi connectivity index (χ3n) is 6.71. The van der Waals surface area contributed by atoms with Crippen molar-refractivity contribution >= 4 is 33.3 Å². The molecule has 1 amide bonds. The van der Waals surface area contributed by atoms with Crippen molar-refractivity contribution in [2.45, 2.75) is 43.7 Å². The molecular weight excluding hydrogens is 368 g/mol. The average molecular weight is 391 g/mol. The molecule has 28 heavy (non-hydrogen) atoms. The summed E-state index contributed by atoms with van der Waals surface area (Å²) in [4.78, 5) is 25.3. The van der Waals surface area contributed by atoms with E-state index in [2.05, 4.69) is 50.5 Å². The lowest BCUT2D eigenvalue weighted by Crippen LogP contribution is -2.45. The highest BCUT2D eigenvalue weighted by atomic mass is 32.1. The number of aromatic nitrogens is 2. The van der Waals surface area contributed by atoms with E-state index in [0.717, 1.165) is 41.8 Å². The van der Waals surface area contributed by atoms with Gasteiger partial charge in [-0.1, -0.05) is 24.3 Å². The highest BCUT2D eigenvalue weighted by molar-refractivity contribution is 7.16. The van der Waals surface area contributed by atoms with E-state index in [9.17, 15) is 4.79 Å². The first-order valence-electron chi connectivity index (χ1n) is 10.1. The van der Waals surface area contributed by atoms with Crippen molar-refractivity contribution in [3.63, 3.8) is 0 Å². The Kier molecular flexibility index (Phi) is 3.69. The van der Waals surface area contributed by atoms with Crippen LogP contribution in [0.5, 0.6) is 0 Å². The molecule has 0 bridgehead atoms. The van der Waals surface area contributed by atoms with Crippen molar-refractivity contribution in [1.82, 2.24) is 15.3 Å². The van der Waals surface area contributed by atoms with E-state index in [0.29, 0.717) is 17.9 Å². The fourth-order valence-corrected chi connectivity index (χ4v) is 6.05. The highest BCUT2D eigenvalue weighted by Gasteiger charge is 2.54. The summed E-state index contributed by atoms with van der Waals surface area (Å²) >= 11 is 1.62. The number of fused-ring (bicyclic) bond motifs is 4. The average Bonchev–Trinajstić information content (AvgIpc) is 3.10. The van der Waals surface area contributed by atoms with E-state index in [1.54, 1.807) is 17.7 Å². The lowest BCUT2D eigenvalue weighted by atomic mass is 9.92. The van der Waals surface area contributed by atoms with Crippen LogP contribution in [-0.2, 0) is 11.2 Å². The first kappa shape index (κ1) is 16.5. The zero-order chi connectivity index (χ0) is 18.7. The standard InChI is InChI=1S/C22H22N4OS/c27-21(25-19-15-8-7-13-4-1-2-5-14(13)18(15)19)17-6-3-10-26(17)20-16-9-11-28-22(16)24-12-23-20/h1-2,4-5,9,11-12,15,17-19H,3,6-8,10H2,(H,25,27). The van der Waals surface area contributed by atoms with Gasteiger partial charge in [-0.2, -0.15) is 0 Å². The van der Waals surface area contributed by atoms with Crippen LogP contribution in [0.4, 0.5) is 5.82 Å². The summed E-state index contributed by atoms with van der Waals surface area (Å²) < 4.78 is 0. The van der Waals surface area contributed by atoms with Crippen LogP contribution < -0.4 is 10.2 Å². The predicted octanol–water partition coefficient (Wildman–Crippen LogP) is 3.50. The van der Waals surface area contributed by atoms with Crippen molar-refractivity contribution in [1.29, 1.82) is 0 Å². The molecule has 2 aliphatic carbocycles. The van der Waals surface area contributed by atoms with Gasteiger partial charge in [0.05, 0.1) is 5.39 Å². The van der Waals surface area contributed by atoms with Crippen LogP contribution in [0.3, 0.4) is 0 Å². The SMILES string of the molecule is O=C(NC1C2CCc3ccccc3C21)C1CCCN1c1ncnc2sccc12. The summed E-state index contributed by atoms with van der Waals surface area (Å²) in [5, 5.41) is 6.50. The molecule has 5 nitrogen and oxygen atoms in total. The Morgan fingerprint density at radius 3 is 3.07 bits per heavy atom. The van der Waals surface area contributed by atoms with E-state index in [4.69, 9.17) is 0 Å². The number of hydrogen-bond acceptors (Lipinski definition) is 5. The fourth-order valence-electron chi connectivity index (χ4n) is 5.32. The molecule has 4 unspecified atom stereocenters. The number of amides is 1.